The first kappa shape index (κ1) is 29.3. The predicted octanol–water partition coefficient (Wildman–Crippen LogP) is 3.90. The Balaban J connectivity index is 1.42. The lowest BCUT2D eigenvalue weighted by Gasteiger charge is -2.33. The molecule has 41 heavy (non-hydrogen) atoms. The van der Waals surface area contributed by atoms with Crippen molar-refractivity contribution in [3.8, 4) is 16.9 Å². The fraction of sp³-hybridized carbons (Fsp3) is 0.581. The summed E-state index contributed by atoms with van der Waals surface area (Å²) in [5.74, 6) is 2.03. The Bertz CT molecular complexity index is 1310. The highest BCUT2D eigenvalue weighted by Crippen LogP contribution is 2.37. The topological polar surface area (TPSA) is 105 Å². The van der Waals surface area contributed by atoms with E-state index in [9.17, 15) is 0 Å². The second kappa shape index (κ2) is 13.6. The zero-order chi connectivity index (χ0) is 28.8. The van der Waals surface area contributed by atoms with E-state index in [1.807, 2.05) is 0 Å². The smallest absolute Gasteiger partial charge is 0.151 e. The number of rotatable bonds is 12. The molecule has 0 radical (unpaired) electrons. The number of likely N-dealkylation sites (N-methyl/N-ethyl adjacent to an activating group) is 1. The molecule has 4 heterocycles. The van der Waals surface area contributed by atoms with Gasteiger partial charge < -0.3 is 35.2 Å². The van der Waals surface area contributed by atoms with Gasteiger partial charge in [-0.1, -0.05) is 19.9 Å². The summed E-state index contributed by atoms with van der Waals surface area (Å²) in [7, 11) is 3.95. The van der Waals surface area contributed by atoms with Gasteiger partial charge in [0.1, 0.15) is 22.6 Å². The molecule has 2 saturated heterocycles. The number of fused-ring (bicyclic) bond motifs is 1. The van der Waals surface area contributed by atoms with Gasteiger partial charge in [-0.2, -0.15) is 0 Å². The molecule has 3 N–H and O–H groups in total. The monoisotopic (exact) mass is 562 g/mol. The summed E-state index contributed by atoms with van der Waals surface area (Å²) in [4.78, 5) is 21.9. The molecule has 2 aliphatic heterocycles. The summed E-state index contributed by atoms with van der Waals surface area (Å²) in [5.41, 5.74) is 11.5. The summed E-state index contributed by atoms with van der Waals surface area (Å²) in [6, 6.07) is 6.64. The van der Waals surface area contributed by atoms with Gasteiger partial charge in [-0.3, -0.25) is 0 Å². The minimum atomic E-state index is 0.231. The van der Waals surface area contributed by atoms with Gasteiger partial charge in [0.25, 0.3) is 0 Å². The molecule has 0 bridgehead atoms. The number of hydrogen-bond acceptors (Lipinski definition) is 10. The van der Waals surface area contributed by atoms with Gasteiger partial charge in [0.15, 0.2) is 5.82 Å². The summed E-state index contributed by atoms with van der Waals surface area (Å²) < 4.78 is 11.5. The zero-order valence-electron chi connectivity index (χ0n) is 25.2. The Hall–Kier alpha value is -3.21. The number of piperazine rings is 1. The number of nitrogen functional groups attached to an aromatic ring is 1. The van der Waals surface area contributed by atoms with Gasteiger partial charge >= 0.3 is 0 Å². The van der Waals surface area contributed by atoms with Gasteiger partial charge in [0.2, 0.25) is 0 Å². The Morgan fingerprint density at radius 2 is 1.95 bits per heavy atom. The maximum atomic E-state index is 6.31. The summed E-state index contributed by atoms with van der Waals surface area (Å²) in [6.45, 7) is 13.5. The van der Waals surface area contributed by atoms with Crippen LogP contribution in [0.1, 0.15) is 38.8 Å². The highest BCUT2D eigenvalue weighted by atomic mass is 16.5. The maximum Gasteiger partial charge on any atom is 0.151 e. The van der Waals surface area contributed by atoms with Crippen LogP contribution in [0.5, 0.6) is 5.75 Å². The Morgan fingerprint density at radius 3 is 2.66 bits per heavy atom. The molecule has 10 heteroatoms. The summed E-state index contributed by atoms with van der Waals surface area (Å²) in [5, 5.41) is 3.56. The quantitative estimate of drug-likeness (QED) is 0.338. The number of methoxy groups -OCH3 is 1. The van der Waals surface area contributed by atoms with Crippen molar-refractivity contribution in [1.29, 1.82) is 0 Å². The molecule has 0 saturated carbocycles. The molecule has 0 aliphatic carbocycles. The molecule has 10 nitrogen and oxygen atoms in total. The van der Waals surface area contributed by atoms with Crippen molar-refractivity contribution < 1.29 is 9.47 Å². The van der Waals surface area contributed by atoms with Crippen molar-refractivity contribution in [1.82, 2.24) is 24.8 Å². The van der Waals surface area contributed by atoms with E-state index in [2.05, 4.69) is 64.1 Å². The second-order valence-electron chi connectivity index (χ2n) is 11.2. The molecule has 2 aromatic heterocycles. The first-order valence-corrected chi connectivity index (χ1v) is 15.1. The van der Waals surface area contributed by atoms with Crippen LogP contribution >= 0.6 is 0 Å². The molecule has 2 fully saturated rings. The molecule has 2 aliphatic rings. The van der Waals surface area contributed by atoms with Crippen LogP contribution in [0.25, 0.3) is 22.2 Å². The highest BCUT2D eigenvalue weighted by molar-refractivity contribution is 5.97. The van der Waals surface area contributed by atoms with Crippen molar-refractivity contribution in [2.45, 2.75) is 45.6 Å². The third-order valence-corrected chi connectivity index (χ3v) is 8.23. The van der Waals surface area contributed by atoms with Crippen molar-refractivity contribution in [3.63, 3.8) is 0 Å². The molecule has 1 atom stereocenters. The van der Waals surface area contributed by atoms with Crippen LogP contribution in [-0.2, 0) is 11.2 Å². The Labute approximate surface area is 244 Å². The standard InChI is InChI=1S/C31H46N8O2/c1-5-11-39(13-7-12-38-16-14-37(3)15-17-38)26-9-8-22(19-27(26)40-4)24-20-33-30(32)29-28(24)36-31(25(6-2)35-29)34-23-10-18-41-21-23/h8-9,19-20,23H,5-7,10-18,21H2,1-4H3,(H2,32,33)(H,34,36). The number of anilines is 3. The van der Waals surface area contributed by atoms with E-state index in [0.29, 0.717) is 17.9 Å². The molecule has 1 aromatic carbocycles. The second-order valence-corrected chi connectivity index (χ2v) is 11.2. The number of aromatic nitrogens is 3. The lowest BCUT2D eigenvalue weighted by atomic mass is 10.0. The largest absolute Gasteiger partial charge is 0.495 e. The molecule has 5 rings (SSSR count). The molecule has 0 amide bonds. The minimum Gasteiger partial charge on any atom is -0.495 e. The average molecular weight is 563 g/mol. The van der Waals surface area contributed by atoms with Gasteiger partial charge in [-0.15, -0.1) is 0 Å². The van der Waals surface area contributed by atoms with E-state index >= 15 is 0 Å². The number of nitrogens with one attached hydrogen (secondary N) is 1. The van der Waals surface area contributed by atoms with E-state index in [0.717, 1.165) is 118 Å². The predicted molar refractivity (Wildman–Crippen MR) is 167 cm³/mol. The van der Waals surface area contributed by atoms with E-state index in [-0.39, 0.29) is 6.04 Å². The SMILES string of the molecule is CCCN(CCCN1CCN(C)CC1)c1ccc(-c2cnc(N)c3nc(CC)c(NC4CCOC4)nc23)cc1OC. The number of aryl methyl sites for hydroxylation is 1. The lowest BCUT2D eigenvalue weighted by molar-refractivity contribution is 0.153. The number of nitrogens with two attached hydrogens (primary N) is 1. The van der Waals surface area contributed by atoms with Gasteiger partial charge in [0, 0.05) is 57.6 Å². The molecule has 3 aromatic rings. The van der Waals surface area contributed by atoms with E-state index in [1.54, 1.807) is 13.3 Å². The first-order valence-electron chi connectivity index (χ1n) is 15.1. The molecule has 1 unspecified atom stereocenters. The van der Waals surface area contributed by atoms with Crippen molar-refractivity contribution in [2.24, 2.45) is 0 Å². The third-order valence-electron chi connectivity index (χ3n) is 8.23. The fourth-order valence-corrected chi connectivity index (χ4v) is 5.79. The van der Waals surface area contributed by atoms with Crippen molar-refractivity contribution in [3.05, 3.63) is 30.1 Å². The van der Waals surface area contributed by atoms with E-state index in [1.165, 1.54) is 0 Å². The highest BCUT2D eigenvalue weighted by Gasteiger charge is 2.21. The minimum absolute atomic E-state index is 0.231. The molecular weight excluding hydrogens is 516 g/mol. The van der Waals surface area contributed by atoms with Crippen LogP contribution in [-0.4, -0.2) is 104 Å². The lowest BCUT2D eigenvalue weighted by Crippen LogP contribution is -2.45. The number of ether oxygens (including phenoxy) is 2. The summed E-state index contributed by atoms with van der Waals surface area (Å²) >= 11 is 0. The van der Waals surface area contributed by atoms with E-state index in [4.69, 9.17) is 25.2 Å². The third kappa shape index (κ3) is 6.82. The van der Waals surface area contributed by atoms with Crippen LogP contribution < -0.4 is 20.7 Å². The average Bonchev–Trinajstić information content (AvgIpc) is 3.50. The number of nitrogens with zero attached hydrogens (tertiary/aromatic N) is 6. The number of hydrogen-bond donors (Lipinski definition) is 2. The van der Waals surface area contributed by atoms with Crippen LogP contribution in [0.2, 0.25) is 0 Å². The summed E-state index contributed by atoms with van der Waals surface area (Å²) in [6.07, 6.45) is 5.69. The Kier molecular flexibility index (Phi) is 9.74. The molecule has 222 valence electrons. The van der Waals surface area contributed by atoms with Gasteiger partial charge in [0.05, 0.1) is 31.1 Å². The first-order chi connectivity index (χ1) is 20.0. The number of benzene rings is 1. The van der Waals surface area contributed by atoms with Crippen molar-refractivity contribution in [2.75, 3.05) is 89.1 Å². The van der Waals surface area contributed by atoms with Crippen LogP contribution in [0.4, 0.5) is 17.3 Å². The van der Waals surface area contributed by atoms with Gasteiger partial charge in [-0.05, 0) is 57.0 Å². The zero-order valence-corrected chi connectivity index (χ0v) is 25.2. The Morgan fingerprint density at radius 1 is 1.12 bits per heavy atom. The molecular formula is C31H46N8O2. The van der Waals surface area contributed by atoms with Crippen LogP contribution in [0.3, 0.4) is 0 Å². The fourth-order valence-electron chi connectivity index (χ4n) is 5.79. The van der Waals surface area contributed by atoms with Crippen molar-refractivity contribution >= 4 is 28.4 Å². The van der Waals surface area contributed by atoms with Gasteiger partial charge in [-0.25, -0.2) is 15.0 Å². The van der Waals surface area contributed by atoms with Crippen LogP contribution in [0, 0.1) is 0 Å². The van der Waals surface area contributed by atoms with Crippen LogP contribution in [0.15, 0.2) is 24.4 Å². The maximum absolute atomic E-state index is 6.31. The number of pyridine rings is 1. The molecule has 0 spiro atoms. The van der Waals surface area contributed by atoms with E-state index < -0.39 is 0 Å². The normalized spacial score (nSPS) is 18.2.